The number of hydrogen-bond acceptors (Lipinski definition) is 5. The van der Waals surface area contributed by atoms with Crippen LogP contribution in [0.5, 0.6) is 0 Å². The first-order valence-corrected chi connectivity index (χ1v) is 9.02. The smallest absolute Gasteiger partial charge is 0.308 e. The number of thiocarbonyl (C=S) groups is 1. The van der Waals surface area contributed by atoms with E-state index >= 15 is 0 Å². The molecule has 0 unspecified atom stereocenters. The molecular weight excluding hydrogens is 378 g/mol. The Balaban J connectivity index is 2.06. The average molecular weight is 398 g/mol. The molecule has 0 spiro atoms. The fourth-order valence-electron chi connectivity index (χ4n) is 2.48. The van der Waals surface area contributed by atoms with E-state index in [2.05, 4.69) is 10.6 Å². The molecule has 1 aromatic carbocycles. The van der Waals surface area contributed by atoms with Crippen LogP contribution in [0.2, 0.25) is 5.02 Å². The van der Waals surface area contributed by atoms with Gasteiger partial charge in [-0.25, -0.2) is 0 Å². The molecule has 1 atom stereocenters. The van der Waals surface area contributed by atoms with Crippen molar-refractivity contribution in [2.24, 2.45) is 0 Å². The Morgan fingerprint density at radius 2 is 2.15 bits per heavy atom. The predicted molar refractivity (Wildman–Crippen MR) is 101 cm³/mol. The Kier molecular flexibility index (Phi) is 7.35. The molecule has 1 heterocycles. The Morgan fingerprint density at radius 3 is 2.85 bits per heavy atom. The van der Waals surface area contributed by atoms with E-state index in [0.717, 1.165) is 0 Å². The maximum Gasteiger partial charge on any atom is 0.308 e. The Bertz CT molecular complexity index is 713. The summed E-state index contributed by atoms with van der Waals surface area (Å²) in [6.45, 7) is 2.91. The van der Waals surface area contributed by atoms with Crippen molar-refractivity contribution in [1.29, 1.82) is 0 Å². The van der Waals surface area contributed by atoms with Crippen molar-refractivity contribution in [3.63, 3.8) is 0 Å². The summed E-state index contributed by atoms with van der Waals surface area (Å²) in [7, 11) is 0. The monoisotopic (exact) mass is 397 g/mol. The highest BCUT2D eigenvalue weighted by molar-refractivity contribution is 7.80. The lowest BCUT2D eigenvalue weighted by molar-refractivity contribution is -0.147. The molecule has 0 saturated carbocycles. The van der Waals surface area contributed by atoms with Crippen LogP contribution in [0.3, 0.4) is 0 Å². The molecule has 0 aromatic heterocycles. The number of piperazine rings is 1. The third-order valence-corrected chi connectivity index (χ3v) is 4.42. The Morgan fingerprint density at radius 1 is 1.42 bits per heavy atom. The molecule has 2 rings (SSSR count). The fourth-order valence-corrected chi connectivity index (χ4v) is 3.01. The number of carbonyl (C=O) groups is 3. The number of esters is 1. The van der Waals surface area contributed by atoms with Gasteiger partial charge in [0.25, 0.3) is 5.91 Å². The van der Waals surface area contributed by atoms with E-state index < -0.39 is 17.9 Å². The summed E-state index contributed by atoms with van der Waals surface area (Å²) in [5, 5.41) is 5.63. The maximum absolute atomic E-state index is 12.4. The number of benzene rings is 1. The molecule has 0 radical (unpaired) electrons. The summed E-state index contributed by atoms with van der Waals surface area (Å²) < 4.78 is 5.04. The molecule has 1 aliphatic rings. The predicted octanol–water partition coefficient (Wildman–Crippen LogP) is 1.50. The van der Waals surface area contributed by atoms with Crippen LogP contribution in [0.4, 0.5) is 0 Å². The first kappa shape index (κ1) is 20.1. The molecular formula is C17H20ClN3O4S. The number of hydrogen-bond donors (Lipinski definition) is 2. The largest absolute Gasteiger partial charge is 0.466 e. The van der Waals surface area contributed by atoms with Gasteiger partial charge >= 0.3 is 5.97 Å². The topological polar surface area (TPSA) is 87.7 Å². The molecule has 7 nitrogen and oxygen atoms in total. The molecule has 1 saturated heterocycles. The summed E-state index contributed by atoms with van der Waals surface area (Å²) in [5.41, 5.74) is 0.275. The van der Waals surface area contributed by atoms with Gasteiger partial charge in [0.1, 0.15) is 6.04 Å². The van der Waals surface area contributed by atoms with E-state index in [1.165, 1.54) is 4.90 Å². The van der Waals surface area contributed by atoms with Crippen LogP contribution in [-0.4, -0.2) is 53.5 Å². The van der Waals surface area contributed by atoms with Gasteiger partial charge in [-0.3, -0.25) is 19.7 Å². The highest BCUT2D eigenvalue weighted by atomic mass is 35.5. The van der Waals surface area contributed by atoms with Crippen LogP contribution in [-0.2, 0) is 14.3 Å². The maximum atomic E-state index is 12.4. The van der Waals surface area contributed by atoms with Crippen LogP contribution < -0.4 is 10.6 Å². The van der Waals surface area contributed by atoms with Crippen LogP contribution in [0.15, 0.2) is 24.3 Å². The first-order valence-electron chi connectivity index (χ1n) is 8.23. The van der Waals surface area contributed by atoms with E-state index in [9.17, 15) is 14.4 Å². The second-order valence-electron chi connectivity index (χ2n) is 5.66. The van der Waals surface area contributed by atoms with Crippen LogP contribution in [0.1, 0.15) is 30.1 Å². The molecule has 1 fully saturated rings. The van der Waals surface area contributed by atoms with E-state index in [4.69, 9.17) is 28.6 Å². The minimum atomic E-state index is -0.827. The zero-order valence-corrected chi connectivity index (χ0v) is 15.9. The highest BCUT2D eigenvalue weighted by Gasteiger charge is 2.34. The normalized spacial score (nSPS) is 16.6. The summed E-state index contributed by atoms with van der Waals surface area (Å²) in [4.78, 5) is 38.0. The third-order valence-electron chi connectivity index (χ3n) is 3.76. The van der Waals surface area contributed by atoms with Crippen molar-refractivity contribution in [1.82, 2.24) is 15.5 Å². The van der Waals surface area contributed by atoms with E-state index in [0.29, 0.717) is 31.1 Å². The van der Waals surface area contributed by atoms with Crippen LogP contribution in [0, 0.1) is 0 Å². The SMILES string of the molecule is CCCOC(=O)C[C@@H]1C(=O)NCCN1C(=S)NC(=O)c1ccccc1Cl. The molecule has 9 heteroatoms. The molecule has 2 N–H and O–H groups in total. The number of carbonyl (C=O) groups excluding carboxylic acids is 3. The van der Waals surface area contributed by atoms with E-state index in [1.807, 2.05) is 6.92 Å². The van der Waals surface area contributed by atoms with Gasteiger partial charge in [-0.15, -0.1) is 0 Å². The molecule has 0 aliphatic carbocycles. The molecule has 140 valence electrons. The summed E-state index contributed by atoms with van der Waals surface area (Å²) >= 11 is 11.3. The van der Waals surface area contributed by atoms with Crippen molar-refractivity contribution in [2.45, 2.75) is 25.8 Å². The molecule has 0 bridgehead atoms. The highest BCUT2D eigenvalue weighted by Crippen LogP contribution is 2.15. The lowest BCUT2D eigenvalue weighted by atomic mass is 10.1. The van der Waals surface area contributed by atoms with Gasteiger partial charge < -0.3 is 15.0 Å². The van der Waals surface area contributed by atoms with Crippen molar-refractivity contribution < 1.29 is 19.1 Å². The molecule has 1 aromatic rings. The van der Waals surface area contributed by atoms with E-state index in [1.54, 1.807) is 24.3 Å². The van der Waals surface area contributed by atoms with Crippen molar-refractivity contribution in [2.75, 3.05) is 19.7 Å². The van der Waals surface area contributed by atoms with Gasteiger partial charge in [-0.2, -0.15) is 0 Å². The van der Waals surface area contributed by atoms with Gasteiger partial charge in [0.2, 0.25) is 5.91 Å². The van der Waals surface area contributed by atoms with Crippen molar-refractivity contribution >= 4 is 46.7 Å². The van der Waals surface area contributed by atoms with Gasteiger partial charge in [0.15, 0.2) is 5.11 Å². The zero-order chi connectivity index (χ0) is 19.1. The lowest BCUT2D eigenvalue weighted by Gasteiger charge is -2.36. The quantitative estimate of drug-likeness (QED) is 0.578. The van der Waals surface area contributed by atoms with E-state index in [-0.39, 0.29) is 23.0 Å². The second kappa shape index (κ2) is 9.49. The average Bonchev–Trinajstić information content (AvgIpc) is 2.61. The van der Waals surface area contributed by atoms with Gasteiger partial charge in [-0.05, 0) is 30.8 Å². The van der Waals surface area contributed by atoms with Crippen LogP contribution in [0.25, 0.3) is 0 Å². The molecule has 2 amide bonds. The number of ether oxygens (including phenoxy) is 1. The number of amides is 2. The van der Waals surface area contributed by atoms with Gasteiger partial charge in [-0.1, -0.05) is 30.7 Å². The Hall–Kier alpha value is -2.19. The minimum absolute atomic E-state index is 0.0676. The molecule has 1 aliphatic heterocycles. The second-order valence-corrected chi connectivity index (χ2v) is 6.46. The lowest BCUT2D eigenvalue weighted by Crippen LogP contribution is -2.60. The number of halogens is 1. The van der Waals surface area contributed by atoms with Crippen molar-refractivity contribution in [3.8, 4) is 0 Å². The van der Waals surface area contributed by atoms with Gasteiger partial charge in [0, 0.05) is 13.1 Å². The number of nitrogens with one attached hydrogen (secondary N) is 2. The zero-order valence-electron chi connectivity index (χ0n) is 14.3. The minimum Gasteiger partial charge on any atom is -0.466 e. The number of rotatable bonds is 5. The third kappa shape index (κ3) is 5.15. The first-order chi connectivity index (χ1) is 12.4. The summed E-state index contributed by atoms with van der Waals surface area (Å²) in [6, 6.07) is 5.74. The Labute approximate surface area is 162 Å². The summed E-state index contributed by atoms with van der Waals surface area (Å²) in [6.07, 6.45) is 0.548. The standard InChI is InChI=1S/C17H20ClN3O4S/c1-2-9-25-14(22)10-13-16(24)19-7-8-21(13)17(26)20-15(23)11-5-3-4-6-12(11)18/h3-6,13H,2,7-10H2,1H3,(H,19,24)(H,20,23,26)/t13-/m1/s1. The van der Waals surface area contributed by atoms with Crippen LogP contribution >= 0.6 is 23.8 Å². The number of nitrogens with zero attached hydrogens (tertiary/aromatic N) is 1. The van der Waals surface area contributed by atoms with Crippen molar-refractivity contribution in [3.05, 3.63) is 34.9 Å². The molecule has 26 heavy (non-hydrogen) atoms. The fraction of sp³-hybridized carbons (Fsp3) is 0.412. The van der Waals surface area contributed by atoms with Gasteiger partial charge in [0.05, 0.1) is 23.6 Å². The summed E-state index contributed by atoms with van der Waals surface area (Å²) in [5.74, 6) is -1.29.